The fraction of sp³-hybridized carbons (Fsp3) is 0.294. The molecule has 1 aromatic heterocycles. The molecule has 0 unspecified atom stereocenters. The number of rotatable bonds is 4. The van der Waals surface area contributed by atoms with Gasteiger partial charge in [-0.15, -0.1) is 0 Å². The first-order valence-electron chi connectivity index (χ1n) is 7.39. The average molecular weight is 316 g/mol. The van der Waals surface area contributed by atoms with Gasteiger partial charge < -0.3 is 14.7 Å². The molecular weight excluding hydrogens is 299 g/mol. The molecule has 1 aromatic carbocycles. The van der Waals surface area contributed by atoms with Crippen LogP contribution in [0.1, 0.15) is 18.0 Å². The van der Waals surface area contributed by atoms with Crippen LogP contribution in [0, 0.1) is 5.82 Å². The number of hydrogen-bond acceptors (Lipinski definition) is 4. The highest BCUT2D eigenvalue weighted by Gasteiger charge is 2.35. The Labute approximate surface area is 133 Å². The maximum atomic E-state index is 13.1. The van der Waals surface area contributed by atoms with Gasteiger partial charge in [0.2, 0.25) is 0 Å². The van der Waals surface area contributed by atoms with Crippen LogP contribution in [0.4, 0.5) is 4.39 Å². The number of benzene rings is 1. The van der Waals surface area contributed by atoms with Crippen molar-refractivity contribution in [3.8, 4) is 5.75 Å². The van der Waals surface area contributed by atoms with Crippen molar-refractivity contribution >= 4 is 5.91 Å². The van der Waals surface area contributed by atoms with Crippen molar-refractivity contribution in [1.29, 1.82) is 0 Å². The number of likely N-dealkylation sites (tertiary alicyclic amines) is 1. The number of aliphatic hydroxyl groups excluding tert-OH is 1. The first-order valence-corrected chi connectivity index (χ1v) is 7.39. The number of carbonyl (C=O) groups is 1. The molecular formula is C17H17FN2O3. The van der Waals surface area contributed by atoms with E-state index in [1.165, 1.54) is 18.3 Å². The Morgan fingerprint density at radius 1 is 1.35 bits per heavy atom. The molecule has 2 heterocycles. The van der Waals surface area contributed by atoms with Gasteiger partial charge in [0.1, 0.15) is 11.6 Å². The normalized spacial score (nSPS) is 20.5. The summed E-state index contributed by atoms with van der Waals surface area (Å²) in [7, 11) is 0. The van der Waals surface area contributed by atoms with Crippen LogP contribution in [0.25, 0.3) is 0 Å². The van der Waals surface area contributed by atoms with E-state index in [1.807, 2.05) is 0 Å². The number of aliphatic hydroxyl groups is 1. The third-order valence-corrected chi connectivity index (χ3v) is 3.85. The van der Waals surface area contributed by atoms with E-state index >= 15 is 0 Å². The molecule has 120 valence electrons. The third kappa shape index (κ3) is 3.65. The summed E-state index contributed by atoms with van der Waals surface area (Å²) < 4.78 is 18.5. The van der Waals surface area contributed by atoms with Gasteiger partial charge in [-0.2, -0.15) is 0 Å². The SMILES string of the molecule is O=C(COc1cccnc1)N1C[C@H](O)C[C@H]1c1ccc(F)cc1. The van der Waals surface area contributed by atoms with E-state index in [2.05, 4.69) is 4.98 Å². The van der Waals surface area contributed by atoms with Crippen LogP contribution in [0.2, 0.25) is 0 Å². The molecule has 3 rings (SSSR count). The Hall–Kier alpha value is -2.47. The molecule has 0 saturated carbocycles. The first kappa shape index (κ1) is 15.4. The lowest BCUT2D eigenvalue weighted by atomic mass is 10.0. The van der Waals surface area contributed by atoms with Gasteiger partial charge in [-0.05, 0) is 36.2 Å². The van der Waals surface area contributed by atoms with Crippen LogP contribution < -0.4 is 4.74 Å². The van der Waals surface area contributed by atoms with Crippen molar-refractivity contribution < 1.29 is 19.0 Å². The topological polar surface area (TPSA) is 62.7 Å². The fourth-order valence-corrected chi connectivity index (χ4v) is 2.75. The summed E-state index contributed by atoms with van der Waals surface area (Å²) in [5.41, 5.74) is 0.803. The highest BCUT2D eigenvalue weighted by molar-refractivity contribution is 5.78. The number of halogens is 1. The highest BCUT2D eigenvalue weighted by atomic mass is 19.1. The fourth-order valence-electron chi connectivity index (χ4n) is 2.75. The summed E-state index contributed by atoms with van der Waals surface area (Å²) in [6.07, 6.45) is 3.00. The minimum Gasteiger partial charge on any atom is -0.482 e. The van der Waals surface area contributed by atoms with Crippen molar-refractivity contribution in [2.24, 2.45) is 0 Å². The van der Waals surface area contributed by atoms with E-state index < -0.39 is 6.10 Å². The maximum Gasteiger partial charge on any atom is 0.261 e. The number of β-amino-alcohol motifs (C(OH)–C–C–N with tert-alkyl or cyclic N) is 1. The molecule has 1 aliphatic rings. The third-order valence-electron chi connectivity index (χ3n) is 3.85. The van der Waals surface area contributed by atoms with E-state index in [1.54, 1.807) is 35.4 Å². The lowest BCUT2D eigenvalue weighted by molar-refractivity contribution is -0.134. The second-order valence-corrected chi connectivity index (χ2v) is 5.48. The van der Waals surface area contributed by atoms with Crippen molar-refractivity contribution in [3.05, 3.63) is 60.2 Å². The lowest BCUT2D eigenvalue weighted by Crippen LogP contribution is -2.35. The van der Waals surface area contributed by atoms with Crippen LogP contribution in [0.3, 0.4) is 0 Å². The molecule has 6 heteroatoms. The predicted octanol–water partition coefficient (Wildman–Crippen LogP) is 1.93. The smallest absolute Gasteiger partial charge is 0.261 e. The summed E-state index contributed by atoms with van der Waals surface area (Å²) in [5, 5.41) is 9.90. The van der Waals surface area contributed by atoms with E-state index in [0.29, 0.717) is 12.2 Å². The quantitative estimate of drug-likeness (QED) is 0.936. The first-order chi connectivity index (χ1) is 11.1. The van der Waals surface area contributed by atoms with Crippen LogP contribution in [-0.2, 0) is 4.79 Å². The zero-order chi connectivity index (χ0) is 16.2. The summed E-state index contributed by atoms with van der Waals surface area (Å²) >= 11 is 0. The summed E-state index contributed by atoms with van der Waals surface area (Å²) in [5.74, 6) is -0.0382. The maximum absolute atomic E-state index is 13.1. The number of hydrogen-bond donors (Lipinski definition) is 1. The zero-order valence-corrected chi connectivity index (χ0v) is 12.4. The number of pyridine rings is 1. The van der Waals surface area contributed by atoms with Crippen molar-refractivity contribution in [1.82, 2.24) is 9.88 Å². The van der Waals surface area contributed by atoms with Crippen molar-refractivity contribution in [2.75, 3.05) is 13.2 Å². The summed E-state index contributed by atoms with van der Waals surface area (Å²) in [6.45, 7) is 0.118. The molecule has 1 saturated heterocycles. The molecule has 0 spiro atoms. The predicted molar refractivity (Wildman–Crippen MR) is 81.2 cm³/mol. The van der Waals surface area contributed by atoms with E-state index in [4.69, 9.17) is 4.74 Å². The van der Waals surface area contributed by atoms with Gasteiger partial charge in [0.25, 0.3) is 5.91 Å². The molecule has 2 atom stereocenters. The van der Waals surface area contributed by atoms with Crippen molar-refractivity contribution in [3.63, 3.8) is 0 Å². The Kier molecular flexibility index (Phi) is 4.52. The summed E-state index contributed by atoms with van der Waals surface area (Å²) in [6, 6.07) is 9.16. The standard InChI is InChI=1S/C17H17FN2O3/c18-13-5-3-12(4-6-13)16-8-14(21)10-20(16)17(22)11-23-15-2-1-7-19-9-15/h1-7,9,14,16,21H,8,10-11H2/t14-,16+/m1/s1. The molecule has 0 aliphatic carbocycles. The lowest BCUT2D eigenvalue weighted by Gasteiger charge is -2.24. The second kappa shape index (κ2) is 6.75. The molecule has 0 radical (unpaired) electrons. The highest BCUT2D eigenvalue weighted by Crippen LogP contribution is 2.32. The van der Waals surface area contributed by atoms with E-state index in [0.717, 1.165) is 5.56 Å². The minimum atomic E-state index is -0.590. The van der Waals surface area contributed by atoms with Gasteiger partial charge >= 0.3 is 0 Å². The number of aromatic nitrogens is 1. The average Bonchev–Trinajstić information content (AvgIpc) is 2.96. The molecule has 1 fully saturated rings. The molecule has 1 amide bonds. The molecule has 1 N–H and O–H groups in total. The Bertz CT molecular complexity index is 663. The monoisotopic (exact) mass is 316 g/mol. The molecule has 23 heavy (non-hydrogen) atoms. The Morgan fingerprint density at radius 3 is 2.83 bits per heavy atom. The van der Waals surface area contributed by atoms with E-state index in [9.17, 15) is 14.3 Å². The second-order valence-electron chi connectivity index (χ2n) is 5.48. The van der Waals surface area contributed by atoms with Crippen LogP contribution in [-0.4, -0.2) is 40.2 Å². The van der Waals surface area contributed by atoms with Crippen molar-refractivity contribution in [2.45, 2.75) is 18.6 Å². The van der Waals surface area contributed by atoms with Crippen LogP contribution in [0.15, 0.2) is 48.8 Å². The van der Waals surface area contributed by atoms with Gasteiger partial charge in [0.05, 0.1) is 18.3 Å². The molecule has 2 aromatic rings. The molecule has 0 bridgehead atoms. The van der Waals surface area contributed by atoms with Crippen LogP contribution >= 0.6 is 0 Å². The van der Waals surface area contributed by atoms with Gasteiger partial charge in [-0.3, -0.25) is 9.78 Å². The van der Waals surface area contributed by atoms with E-state index in [-0.39, 0.29) is 30.9 Å². The minimum absolute atomic E-state index is 0.129. The zero-order valence-electron chi connectivity index (χ0n) is 12.4. The summed E-state index contributed by atoms with van der Waals surface area (Å²) in [4.78, 5) is 17.9. The number of ether oxygens (including phenoxy) is 1. The Balaban J connectivity index is 1.69. The van der Waals surface area contributed by atoms with Gasteiger partial charge in [-0.25, -0.2) is 4.39 Å². The van der Waals surface area contributed by atoms with Gasteiger partial charge in [-0.1, -0.05) is 12.1 Å². The molecule has 1 aliphatic heterocycles. The van der Waals surface area contributed by atoms with Gasteiger partial charge in [0.15, 0.2) is 6.61 Å². The molecule has 5 nitrogen and oxygen atoms in total. The number of amides is 1. The number of nitrogens with zero attached hydrogens (tertiary/aromatic N) is 2. The van der Waals surface area contributed by atoms with Gasteiger partial charge in [0, 0.05) is 12.7 Å². The van der Waals surface area contributed by atoms with Crippen LogP contribution in [0.5, 0.6) is 5.75 Å². The largest absolute Gasteiger partial charge is 0.482 e. The Morgan fingerprint density at radius 2 is 2.13 bits per heavy atom. The number of carbonyl (C=O) groups excluding carboxylic acids is 1.